The second kappa shape index (κ2) is 36.7. The molecule has 4 unspecified atom stereocenters. The molecule has 0 heterocycles. The normalized spacial score (nSPS) is 13.8. The van der Waals surface area contributed by atoms with E-state index in [1.165, 1.54) is 6.21 Å². The van der Waals surface area contributed by atoms with Crippen molar-refractivity contribution < 1.29 is 35.4 Å². The topological polar surface area (TPSA) is 271 Å². The van der Waals surface area contributed by atoms with E-state index in [1.54, 1.807) is 77.5 Å². The van der Waals surface area contributed by atoms with Crippen molar-refractivity contribution in [2.45, 2.75) is 49.7 Å². The van der Waals surface area contributed by atoms with Crippen LogP contribution in [0.1, 0.15) is 0 Å². The molecule has 0 aromatic rings. The molecule has 0 aliphatic carbocycles. The molecule has 0 aromatic carbocycles. The Balaban J connectivity index is -0.000000124. The number of aldehydes is 1. The molecule has 0 aromatic heterocycles. The molecule has 18 nitrogen and oxygen atoms in total. The number of carbonyl (C=O) groups excluding carboxylic acids is 1. The van der Waals surface area contributed by atoms with E-state index in [0.29, 0.717) is 0 Å². The quantitative estimate of drug-likeness (QED) is 0.0489. The molecule has 0 aliphatic rings. The van der Waals surface area contributed by atoms with Gasteiger partial charge in [-0.15, -0.1) is 0 Å². The number of nitrogens with one attached hydrogen (secondary N) is 10. The highest BCUT2D eigenvalue weighted by Crippen LogP contribution is 1.80. The van der Waals surface area contributed by atoms with Crippen LogP contribution in [0.5, 0.6) is 0 Å². The van der Waals surface area contributed by atoms with E-state index in [0.717, 1.165) is 6.29 Å². The van der Waals surface area contributed by atoms with Crippen LogP contribution in [0.4, 0.5) is 0 Å². The first-order chi connectivity index (χ1) is 18.3. The van der Waals surface area contributed by atoms with Crippen LogP contribution in [-0.4, -0.2) is 170 Å². The molecule has 39 heavy (non-hydrogen) atoms. The smallest absolute Gasteiger partial charge is 0.180 e. The Hall–Kier alpha value is -1.30. The number of hydrogen-bond donors (Lipinski definition) is 16. The summed E-state index contributed by atoms with van der Waals surface area (Å²) in [4.78, 5) is 13.4. The summed E-state index contributed by atoms with van der Waals surface area (Å²) in [5, 5.41) is 78.6. The van der Waals surface area contributed by atoms with E-state index in [1.807, 2.05) is 0 Å². The maximum atomic E-state index is 9.84. The molecule has 0 saturated heterocycles. The Bertz CT molecular complexity index is 481. The lowest BCUT2D eigenvalue weighted by Gasteiger charge is -2.20. The van der Waals surface area contributed by atoms with E-state index in [4.69, 9.17) is 30.6 Å². The molecule has 0 spiro atoms. The molecule has 16 N–H and O–H groups in total. The SMILES string of the molecule is CN=CC(O)NC.CNC(C=O)NC.CNC(NC)C(O)O.CNC(O)C(NC)NC.CNC(O)C(O)NC. The van der Waals surface area contributed by atoms with Crippen LogP contribution in [0.25, 0.3) is 0 Å². The average Bonchev–Trinajstić information content (AvgIpc) is 2.95. The highest BCUT2D eigenvalue weighted by Gasteiger charge is 2.11. The van der Waals surface area contributed by atoms with Gasteiger partial charge in [0.1, 0.15) is 37.2 Å². The number of nitrogens with zero attached hydrogens (tertiary/aromatic N) is 1. The Morgan fingerprint density at radius 3 is 0.949 bits per heavy atom. The summed E-state index contributed by atoms with van der Waals surface area (Å²) in [7, 11) is 18.4. The number of aliphatic hydroxyl groups excluding tert-OH is 5. The molecule has 0 radical (unpaired) electrons. The average molecular weight is 578 g/mol. The van der Waals surface area contributed by atoms with Crippen molar-refractivity contribution in [1.29, 1.82) is 0 Å². The zero-order chi connectivity index (χ0) is 31.8. The molecule has 0 aliphatic heterocycles. The maximum Gasteiger partial charge on any atom is 0.180 e. The third kappa shape index (κ3) is 34.7. The first kappa shape index (κ1) is 47.5. The standard InChI is InChI=1S/C5H15N3O.2C4H12N2O2.2C4H10N2O/c1-6-4(7-2)5(9)8-3;1-5-3(7)4(8)6-2;1-5-3(6-2)4(7)8;1-5-4(3-7)6-2;1-5-3-4(7)6-2/h4-9H,1-3H3;2*3-8H,1-2H3;3-6H,1-2H3;3-4,6-7H,1-2H3. The summed E-state index contributed by atoms with van der Waals surface area (Å²) < 4.78 is 0. The Labute approximate surface area is 233 Å². The van der Waals surface area contributed by atoms with E-state index in [2.05, 4.69) is 58.2 Å². The van der Waals surface area contributed by atoms with Gasteiger partial charge in [-0.1, -0.05) is 0 Å². The van der Waals surface area contributed by atoms with Crippen molar-refractivity contribution in [3.63, 3.8) is 0 Å². The highest BCUT2D eigenvalue weighted by atomic mass is 16.5. The zero-order valence-electron chi connectivity index (χ0n) is 25.3. The third-order valence-corrected chi connectivity index (χ3v) is 4.39. The highest BCUT2D eigenvalue weighted by molar-refractivity contribution is 5.61. The summed E-state index contributed by atoms with van der Waals surface area (Å²) in [6, 6.07) is 0. The second-order valence-electron chi connectivity index (χ2n) is 7.06. The Morgan fingerprint density at radius 1 is 0.513 bits per heavy atom. The van der Waals surface area contributed by atoms with Gasteiger partial charge in [-0.25, -0.2) is 0 Å². The fraction of sp³-hybridized carbons (Fsp3) is 0.905. The van der Waals surface area contributed by atoms with E-state index < -0.39 is 37.4 Å². The molecule has 0 fully saturated rings. The lowest BCUT2D eigenvalue weighted by Crippen LogP contribution is -2.52. The van der Waals surface area contributed by atoms with Gasteiger partial charge in [-0.05, 0) is 70.5 Å². The first-order valence-corrected chi connectivity index (χ1v) is 12.0. The predicted molar refractivity (Wildman–Crippen MR) is 155 cm³/mol. The fourth-order valence-electron chi connectivity index (χ4n) is 1.88. The van der Waals surface area contributed by atoms with Crippen molar-refractivity contribution >= 4 is 12.5 Å². The first-order valence-electron chi connectivity index (χ1n) is 12.0. The number of carbonyl (C=O) groups is 1. The van der Waals surface area contributed by atoms with Gasteiger partial charge < -0.3 is 56.7 Å². The molecule has 0 bridgehead atoms. The van der Waals surface area contributed by atoms with Crippen LogP contribution in [0, 0.1) is 0 Å². The van der Waals surface area contributed by atoms with E-state index >= 15 is 0 Å². The minimum absolute atomic E-state index is 0.0880. The monoisotopic (exact) mass is 577 g/mol. The largest absolute Gasteiger partial charge is 0.376 e. The summed E-state index contributed by atoms with van der Waals surface area (Å²) in [6.07, 6.45) is -2.75. The number of aliphatic hydroxyl groups is 6. The van der Waals surface area contributed by atoms with Gasteiger partial charge in [0.05, 0.1) is 6.17 Å². The molecular weight excluding hydrogens is 518 g/mol. The van der Waals surface area contributed by atoms with Crippen LogP contribution in [0.3, 0.4) is 0 Å². The van der Waals surface area contributed by atoms with Crippen molar-refractivity contribution in [1.82, 2.24) is 53.2 Å². The lowest BCUT2D eigenvalue weighted by atomic mass is 10.4. The van der Waals surface area contributed by atoms with Crippen molar-refractivity contribution in [2.75, 3.05) is 77.5 Å². The van der Waals surface area contributed by atoms with Gasteiger partial charge >= 0.3 is 0 Å². The summed E-state index contributed by atoms with van der Waals surface area (Å²) in [5.41, 5.74) is 0. The van der Waals surface area contributed by atoms with Crippen LogP contribution in [-0.2, 0) is 4.79 Å². The van der Waals surface area contributed by atoms with Crippen molar-refractivity contribution in [2.24, 2.45) is 4.99 Å². The van der Waals surface area contributed by atoms with Crippen molar-refractivity contribution in [3.05, 3.63) is 0 Å². The Kier molecular flexibility index (Phi) is 44.7. The summed E-state index contributed by atoms with van der Waals surface area (Å²) in [5.74, 6) is 0. The molecule has 0 amide bonds. The minimum atomic E-state index is -1.34. The maximum absolute atomic E-state index is 9.84. The van der Waals surface area contributed by atoms with Gasteiger partial charge in [0.15, 0.2) is 12.6 Å². The van der Waals surface area contributed by atoms with Gasteiger partial charge in [0.2, 0.25) is 0 Å². The predicted octanol–water partition coefficient (Wildman–Crippen LogP) is -7.41. The summed E-state index contributed by atoms with van der Waals surface area (Å²) in [6.45, 7) is 0. The molecule has 4 atom stereocenters. The van der Waals surface area contributed by atoms with Crippen LogP contribution >= 0.6 is 0 Å². The van der Waals surface area contributed by atoms with Gasteiger partial charge in [0.25, 0.3) is 0 Å². The molecule has 0 saturated carbocycles. The zero-order valence-corrected chi connectivity index (χ0v) is 25.3. The van der Waals surface area contributed by atoms with E-state index in [-0.39, 0.29) is 12.3 Å². The molecule has 240 valence electrons. The van der Waals surface area contributed by atoms with Crippen LogP contribution in [0.2, 0.25) is 0 Å². The molecule has 18 heteroatoms. The lowest BCUT2D eigenvalue weighted by molar-refractivity contribution is -0.110. The molecular formula is C21H59N11O7. The molecule has 0 rings (SSSR count). The number of likely N-dealkylation sites (N-methyl/N-ethyl adjacent to an activating group) is 9. The van der Waals surface area contributed by atoms with Crippen LogP contribution < -0.4 is 53.2 Å². The van der Waals surface area contributed by atoms with Crippen molar-refractivity contribution in [3.8, 4) is 0 Å². The third-order valence-electron chi connectivity index (χ3n) is 4.39. The van der Waals surface area contributed by atoms with Gasteiger partial charge in [0, 0.05) is 13.3 Å². The number of rotatable bonds is 15. The van der Waals surface area contributed by atoms with Gasteiger partial charge in [-0.3, -0.25) is 36.9 Å². The number of hydrogen-bond acceptors (Lipinski definition) is 18. The summed E-state index contributed by atoms with van der Waals surface area (Å²) >= 11 is 0. The van der Waals surface area contributed by atoms with E-state index in [9.17, 15) is 4.79 Å². The van der Waals surface area contributed by atoms with Gasteiger partial charge in [-0.2, -0.15) is 0 Å². The number of aliphatic imine (C=N–C) groups is 1. The fourth-order valence-corrected chi connectivity index (χ4v) is 1.88. The second-order valence-corrected chi connectivity index (χ2v) is 7.06. The Morgan fingerprint density at radius 2 is 0.872 bits per heavy atom. The minimum Gasteiger partial charge on any atom is -0.376 e. The van der Waals surface area contributed by atoms with Crippen LogP contribution in [0.15, 0.2) is 4.99 Å².